The van der Waals surface area contributed by atoms with Gasteiger partial charge in [0.25, 0.3) is 5.91 Å². The van der Waals surface area contributed by atoms with Gasteiger partial charge in [0.1, 0.15) is 0 Å². The Bertz CT molecular complexity index is 671. The second-order valence-electron chi connectivity index (χ2n) is 4.53. The van der Waals surface area contributed by atoms with Gasteiger partial charge in [-0.1, -0.05) is 37.9 Å². The van der Waals surface area contributed by atoms with Crippen molar-refractivity contribution in [2.24, 2.45) is 0 Å². The number of hydrogen-bond donors (Lipinski definition) is 1. The van der Waals surface area contributed by atoms with Crippen LogP contribution in [0.4, 0.5) is 11.4 Å². The molecule has 2 rings (SSSR count). The van der Waals surface area contributed by atoms with Crippen LogP contribution in [0, 0.1) is 6.92 Å². The number of carbonyl (C=O) groups excluding carboxylic acids is 1. The fourth-order valence-electron chi connectivity index (χ4n) is 1.95. The highest BCUT2D eigenvalue weighted by molar-refractivity contribution is 9.10. The summed E-state index contributed by atoms with van der Waals surface area (Å²) in [5.74, 6) is -0.0853. The number of halogens is 2. The van der Waals surface area contributed by atoms with Crippen molar-refractivity contribution in [1.29, 1.82) is 0 Å². The molecule has 0 unspecified atom stereocenters. The topological polar surface area (TPSA) is 46.3 Å². The van der Waals surface area contributed by atoms with Crippen LogP contribution >= 0.6 is 31.9 Å². The Hall–Kier alpha value is -1.33. The first-order valence-corrected chi connectivity index (χ1v) is 7.58. The number of carbonyl (C=O) groups is 1. The third kappa shape index (κ3) is 3.04. The van der Waals surface area contributed by atoms with Crippen LogP contribution in [0.15, 0.2) is 45.3 Å². The van der Waals surface area contributed by atoms with Crippen molar-refractivity contribution in [3.63, 3.8) is 0 Å². The lowest BCUT2D eigenvalue weighted by Gasteiger charge is -2.20. The number of benzene rings is 2. The number of aryl methyl sites for hydroxylation is 1. The molecule has 0 saturated carbocycles. The lowest BCUT2D eigenvalue weighted by Crippen LogP contribution is -2.27. The van der Waals surface area contributed by atoms with Crippen molar-refractivity contribution in [1.82, 2.24) is 0 Å². The maximum absolute atomic E-state index is 12.6. The van der Waals surface area contributed by atoms with Gasteiger partial charge in [-0.2, -0.15) is 0 Å². The molecular formula is C15H14Br2N2O. The van der Waals surface area contributed by atoms with E-state index in [2.05, 4.69) is 31.9 Å². The molecule has 104 valence electrons. The number of hydrogen-bond acceptors (Lipinski definition) is 2. The molecule has 0 bridgehead atoms. The van der Waals surface area contributed by atoms with Crippen LogP contribution in [0.5, 0.6) is 0 Å². The van der Waals surface area contributed by atoms with Gasteiger partial charge in [0.2, 0.25) is 0 Å². The van der Waals surface area contributed by atoms with Crippen LogP contribution in [0.3, 0.4) is 0 Å². The first-order chi connectivity index (χ1) is 9.40. The van der Waals surface area contributed by atoms with Crippen molar-refractivity contribution < 1.29 is 4.79 Å². The van der Waals surface area contributed by atoms with E-state index in [0.29, 0.717) is 16.9 Å². The molecule has 1 amide bonds. The average Bonchev–Trinajstić information content (AvgIpc) is 2.40. The fourth-order valence-corrected chi connectivity index (χ4v) is 2.69. The van der Waals surface area contributed by atoms with Gasteiger partial charge in [0.05, 0.1) is 11.4 Å². The molecule has 3 nitrogen and oxygen atoms in total. The Morgan fingerprint density at radius 2 is 1.70 bits per heavy atom. The zero-order chi connectivity index (χ0) is 14.9. The van der Waals surface area contributed by atoms with Gasteiger partial charge in [-0.05, 0) is 42.8 Å². The highest BCUT2D eigenvalue weighted by atomic mass is 79.9. The normalized spacial score (nSPS) is 10.4. The molecular weight excluding hydrogens is 384 g/mol. The number of anilines is 2. The van der Waals surface area contributed by atoms with Gasteiger partial charge in [0.15, 0.2) is 0 Å². The van der Waals surface area contributed by atoms with Crippen LogP contribution < -0.4 is 10.6 Å². The maximum Gasteiger partial charge on any atom is 0.258 e. The summed E-state index contributed by atoms with van der Waals surface area (Å²) in [6.07, 6.45) is 0. The smallest absolute Gasteiger partial charge is 0.258 e. The second-order valence-corrected chi connectivity index (χ2v) is 6.36. The van der Waals surface area contributed by atoms with E-state index >= 15 is 0 Å². The van der Waals surface area contributed by atoms with E-state index in [-0.39, 0.29) is 5.91 Å². The van der Waals surface area contributed by atoms with Gasteiger partial charge in [-0.15, -0.1) is 0 Å². The third-order valence-electron chi connectivity index (χ3n) is 3.09. The number of rotatable bonds is 2. The van der Waals surface area contributed by atoms with E-state index in [1.54, 1.807) is 18.0 Å². The Morgan fingerprint density at radius 1 is 1.10 bits per heavy atom. The lowest BCUT2D eigenvalue weighted by molar-refractivity contribution is 0.0992. The highest BCUT2D eigenvalue weighted by Gasteiger charge is 2.17. The number of nitrogen functional groups attached to an aromatic ring is 1. The van der Waals surface area contributed by atoms with Crippen molar-refractivity contribution in [3.05, 3.63) is 56.5 Å². The van der Waals surface area contributed by atoms with Crippen molar-refractivity contribution in [3.8, 4) is 0 Å². The summed E-state index contributed by atoms with van der Waals surface area (Å²) in [4.78, 5) is 14.2. The quantitative estimate of drug-likeness (QED) is 0.764. The monoisotopic (exact) mass is 396 g/mol. The van der Waals surface area contributed by atoms with Gasteiger partial charge in [-0.3, -0.25) is 4.79 Å². The Balaban J connectivity index is 2.40. The summed E-state index contributed by atoms with van der Waals surface area (Å²) >= 11 is 6.75. The van der Waals surface area contributed by atoms with Crippen LogP contribution in [-0.4, -0.2) is 13.0 Å². The number of nitrogens with two attached hydrogens (primary N) is 1. The highest BCUT2D eigenvalue weighted by Crippen LogP contribution is 2.28. The fraction of sp³-hybridized carbons (Fsp3) is 0.133. The minimum absolute atomic E-state index is 0.0853. The first kappa shape index (κ1) is 15.1. The molecule has 5 heteroatoms. The van der Waals surface area contributed by atoms with E-state index < -0.39 is 0 Å². The van der Waals surface area contributed by atoms with Gasteiger partial charge in [-0.25, -0.2) is 0 Å². The van der Waals surface area contributed by atoms with Crippen molar-refractivity contribution in [2.75, 3.05) is 17.7 Å². The minimum atomic E-state index is -0.0853. The molecule has 0 heterocycles. The summed E-state index contributed by atoms with van der Waals surface area (Å²) in [5.41, 5.74) is 8.81. The SMILES string of the molecule is Cc1ccc(Br)cc1C(=O)N(C)c1ccc(Br)cc1N. The zero-order valence-corrected chi connectivity index (χ0v) is 14.3. The van der Waals surface area contributed by atoms with Crippen LogP contribution in [-0.2, 0) is 0 Å². The molecule has 0 spiro atoms. The molecule has 0 atom stereocenters. The van der Waals surface area contributed by atoms with E-state index in [0.717, 1.165) is 14.5 Å². The standard InChI is InChI=1S/C15H14Br2N2O/c1-9-3-4-10(16)7-12(9)15(20)19(2)14-6-5-11(17)8-13(14)18/h3-8H,18H2,1-2H3. The van der Waals surface area contributed by atoms with Gasteiger partial charge < -0.3 is 10.6 Å². The molecule has 2 aromatic carbocycles. The number of nitrogens with zero attached hydrogens (tertiary/aromatic N) is 1. The van der Waals surface area contributed by atoms with Gasteiger partial charge >= 0.3 is 0 Å². The summed E-state index contributed by atoms with van der Waals surface area (Å²) in [7, 11) is 1.72. The molecule has 2 aromatic rings. The van der Waals surface area contributed by atoms with E-state index in [9.17, 15) is 4.79 Å². The Labute approximate surface area is 135 Å². The van der Waals surface area contributed by atoms with Gasteiger partial charge in [0, 0.05) is 21.6 Å². The molecule has 0 aliphatic rings. The molecule has 0 radical (unpaired) electrons. The van der Waals surface area contributed by atoms with Crippen LogP contribution in [0.1, 0.15) is 15.9 Å². The third-order valence-corrected chi connectivity index (χ3v) is 4.07. The molecule has 0 aromatic heterocycles. The average molecular weight is 398 g/mol. The zero-order valence-electron chi connectivity index (χ0n) is 11.2. The second kappa shape index (κ2) is 5.97. The summed E-state index contributed by atoms with van der Waals surface area (Å²) < 4.78 is 1.77. The molecule has 2 N–H and O–H groups in total. The molecule has 0 saturated heterocycles. The summed E-state index contributed by atoms with van der Waals surface area (Å²) in [5, 5.41) is 0. The molecule has 0 aliphatic carbocycles. The van der Waals surface area contributed by atoms with Crippen molar-refractivity contribution in [2.45, 2.75) is 6.92 Å². The number of amides is 1. The summed E-state index contributed by atoms with van der Waals surface area (Å²) in [6.45, 7) is 1.92. The van der Waals surface area contributed by atoms with E-state index in [1.165, 1.54) is 0 Å². The van der Waals surface area contributed by atoms with E-state index in [4.69, 9.17) is 5.73 Å². The Morgan fingerprint density at radius 3 is 2.35 bits per heavy atom. The van der Waals surface area contributed by atoms with E-state index in [1.807, 2.05) is 37.3 Å². The largest absolute Gasteiger partial charge is 0.397 e. The first-order valence-electron chi connectivity index (χ1n) is 5.99. The molecule has 0 aliphatic heterocycles. The Kier molecular flexibility index (Phi) is 4.50. The minimum Gasteiger partial charge on any atom is -0.397 e. The molecule has 0 fully saturated rings. The van der Waals surface area contributed by atoms with Crippen LogP contribution in [0.25, 0.3) is 0 Å². The summed E-state index contributed by atoms with van der Waals surface area (Å²) in [6, 6.07) is 11.1. The van der Waals surface area contributed by atoms with Crippen LogP contribution in [0.2, 0.25) is 0 Å². The predicted octanol–water partition coefficient (Wildman–Crippen LogP) is 4.38. The maximum atomic E-state index is 12.6. The molecule has 20 heavy (non-hydrogen) atoms. The van der Waals surface area contributed by atoms with Crippen molar-refractivity contribution >= 4 is 49.1 Å². The predicted molar refractivity (Wildman–Crippen MR) is 90.2 cm³/mol. The lowest BCUT2D eigenvalue weighted by atomic mass is 10.1.